The van der Waals surface area contributed by atoms with Crippen LogP contribution in [-0.4, -0.2) is 178 Å². The molecule has 0 saturated heterocycles. The maximum atomic E-state index is 12.0. The first-order chi connectivity index (χ1) is 30.7. The van der Waals surface area contributed by atoms with Crippen LogP contribution in [0.15, 0.2) is 0 Å². The topological polar surface area (TPSA) is 265 Å². The number of unbranched alkanes of at least 4 members (excludes halogenated alkanes) is 8. The first kappa shape index (κ1) is 59.5. The number of rotatable bonds is 50. The van der Waals surface area contributed by atoms with Gasteiger partial charge in [-0.3, -0.25) is 28.8 Å². The monoisotopic (exact) mass is 909 g/mol. The summed E-state index contributed by atoms with van der Waals surface area (Å²) >= 11 is 0. The van der Waals surface area contributed by atoms with Crippen molar-refractivity contribution in [2.45, 2.75) is 109 Å². The molecule has 0 aromatic heterocycles. The van der Waals surface area contributed by atoms with Gasteiger partial charge in [0.2, 0.25) is 23.6 Å². The Morgan fingerprint density at radius 2 is 0.524 bits per heavy atom. The number of aliphatic carboxylic acids is 2. The van der Waals surface area contributed by atoms with Crippen molar-refractivity contribution in [1.82, 2.24) is 21.3 Å². The van der Waals surface area contributed by atoms with E-state index in [2.05, 4.69) is 21.3 Å². The van der Waals surface area contributed by atoms with Gasteiger partial charge in [-0.1, -0.05) is 38.5 Å². The molecule has 0 aromatic rings. The molecule has 4 amide bonds. The summed E-state index contributed by atoms with van der Waals surface area (Å²) in [6, 6.07) is 0. The van der Waals surface area contributed by atoms with Crippen LogP contribution in [0.25, 0.3) is 0 Å². The van der Waals surface area contributed by atoms with Crippen molar-refractivity contribution in [3.8, 4) is 0 Å². The van der Waals surface area contributed by atoms with Crippen molar-refractivity contribution in [2.24, 2.45) is 0 Å². The fourth-order valence-corrected chi connectivity index (χ4v) is 5.42. The molecule has 0 aliphatic heterocycles. The highest BCUT2D eigenvalue weighted by molar-refractivity contribution is 5.77. The number of carboxylic acids is 2. The first-order valence-electron chi connectivity index (χ1n) is 22.8. The van der Waals surface area contributed by atoms with Crippen LogP contribution in [0.1, 0.15) is 109 Å². The maximum Gasteiger partial charge on any atom is 0.305 e. The van der Waals surface area contributed by atoms with Gasteiger partial charge in [-0.25, -0.2) is 0 Å². The number of carboxylic acid groups (broad SMARTS) is 2. The van der Waals surface area contributed by atoms with Crippen molar-refractivity contribution in [3.05, 3.63) is 0 Å². The SMILES string of the molecule is O=C(O)CCOCCOCCOCCNC(=O)CCCCCCCNC(=O)CCOCCCOCCC(=O)NCCCCCCCC(=O)NCCOCCOCCOCCC(=O)O. The van der Waals surface area contributed by atoms with E-state index in [1.807, 2.05) is 0 Å². The molecule has 0 rings (SSSR count). The first-order valence-corrected chi connectivity index (χ1v) is 22.8. The molecule has 0 atom stereocenters. The lowest BCUT2D eigenvalue weighted by atomic mass is 10.1. The predicted octanol–water partition coefficient (Wildman–Crippen LogP) is 2.38. The van der Waals surface area contributed by atoms with Crippen LogP contribution in [-0.2, 0) is 66.7 Å². The molecule has 0 heterocycles. The highest BCUT2D eigenvalue weighted by Crippen LogP contribution is 2.06. The number of hydrogen-bond donors (Lipinski definition) is 6. The molecular weight excluding hydrogens is 828 g/mol. The third kappa shape index (κ3) is 51.0. The quantitative estimate of drug-likeness (QED) is 0.0479. The second kappa shape index (κ2) is 48.0. The molecule has 368 valence electrons. The molecule has 0 fully saturated rings. The van der Waals surface area contributed by atoms with Crippen molar-refractivity contribution in [3.63, 3.8) is 0 Å². The second-order valence-corrected chi connectivity index (χ2v) is 14.5. The van der Waals surface area contributed by atoms with E-state index in [1.54, 1.807) is 0 Å². The van der Waals surface area contributed by atoms with Crippen molar-refractivity contribution >= 4 is 35.6 Å². The molecule has 0 unspecified atom stereocenters. The summed E-state index contributed by atoms with van der Waals surface area (Å²) in [6.07, 6.45) is 11.4. The van der Waals surface area contributed by atoms with Crippen molar-refractivity contribution in [1.29, 1.82) is 0 Å². The van der Waals surface area contributed by atoms with Crippen LogP contribution in [0.2, 0.25) is 0 Å². The van der Waals surface area contributed by atoms with Gasteiger partial charge in [-0.2, -0.15) is 0 Å². The van der Waals surface area contributed by atoms with Crippen molar-refractivity contribution < 1.29 is 76.9 Å². The summed E-state index contributed by atoms with van der Waals surface area (Å²) in [5.41, 5.74) is 0. The summed E-state index contributed by atoms with van der Waals surface area (Å²) in [4.78, 5) is 68.7. The highest BCUT2D eigenvalue weighted by Gasteiger charge is 2.05. The standard InChI is InChI=1S/C43H80N4O16/c48-38(46-20-28-60-32-36-62-34-30-58-26-16-42(52)53)12-7-3-1-5-9-18-44-40(50)14-24-56-22-11-23-57-25-15-41(51)45-19-10-6-2-4-8-13-39(49)47-21-29-61-33-37-63-35-31-59-27-17-43(54)55/h1-37H2,(H,44,50)(H,45,51)(H,46,48)(H,47,49)(H,52,53)(H,54,55). The Morgan fingerprint density at radius 1 is 0.254 bits per heavy atom. The molecule has 20 heteroatoms. The van der Waals surface area contributed by atoms with E-state index >= 15 is 0 Å². The van der Waals surface area contributed by atoms with Gasteiger partial charge in [0.05, 0.1) is 105 Å². The Balaban J connectivity index is 3.35. The lowest BCUT2D eigenvalue weighted by Gasteiger charge is -2.08. The summed E-state index contributed by atoms with van der Waals surface area (Å²) in [7, 11) is 0. The summed E-state index contributed by atoms with van der Waals surface area (Å²) in [5.74, 6) is -1.86. The van der Waals surface area contributed by atoms with Crippen LogP contribution < -0.4 is 21.3 Å². The van der Waals surface area contributed by atoms with E-state index in [-0.39, 0.29) is 49.7 Å². The minimum atomic E-state index is -0.893. The lowest BCUT2D eigenvalue weighted by Crippen LogP contribution is -2.27. The van der Waals surface area contributed by atoms with Crippen LogP contribution in [0.5, 0.6) is 0 Å². The zero-order valence-electron chi connectivity index (χ0n) is 37.8. The van der Waals surface area contributed by atoms with Gasteiger partial charge in [0.25, 0.3) is 0 Å². The van der Waals surface area contributed by atoms with Crippen LogP contribution in [0.4, 0.5) is 0 Å². The van der Waals surface area contributed by atoms with Gasteiger partial charge >= 0.3 is 11.9 Å². The smallest absolute Gasteiger partial charge is 0.305 e. The number of carbonyl (C=O) groups is 6. The molecule has 6 N–H and O–H groups in total. The minimum Gasteiger partial charge on any atom is -0.481 e. The average molecular weight is 909 g/mol. The van der Waals surface area contributed by atoms with Gasteiger partial charge in [-0.15, -0.1) is 0 Å². The summed E-state index contributed by atoms with van der Waals surface area (Å²) in [6.45, 7) is 7.91. The van der Waals surface area contributed by atoms with E-state index in [9.17, 15) is 28.8 Å². The van der Waals surface area contributed by atoms with Crippen LogP contribution in [0.3, 0.4) is 0 Å². The highest BCUT2D eigenvalue weighted by atomic mass is 16.6. The van der Waals surface area contributed by atoms with E-state index in [0.717, 1.165) is 64.2 Å². The van der Waals surface area contributed by atoms with E-state index in [1.165, 1.54) is 0 Å². The Hall–Kier alpha value is -3.50. The summed E-state index contributed by atoms with van der Waals surface area (Å²) in [5, 5.41) is 28.5. The molecule has 0 bridgehead atoms. The molecule has 0 saturated carbocycles. The van der Waals surface area contributed by atoms with Gasteiger partial charge in [-0.05, 0) is 32.1 Å². The summed E-state index contributed by atoms with van der Waals surface area (Å²) < 4.78 is 42.8. The largest absolute Gasteiger partial charge is 0.481 e. The third-order valence-electron chi connectivity index (χ3n) is 8.88. The fraction of sp³-hybridized carbons (Fsp3) is 0.860. The maximum absolute atomic E-state index is 12.0. The number of hydrogen-bond acceptors (Lipinski definition) is 14. The molecule has 0 radical (unpaired) electrons. The molecular formula is C43H80N4O16. The lowest BCUT2D eigenvalue weighted by molar-refractivity contribution is -0.139. The van der Waals surface area contributed by atoms with E-state index in [4.69, 9.17) is 48.1 Å². The van der Waals surface area contributed by atoms with E-state index < -0.39 is 11.9 Å². The molecule has 0 spiro atoms. The Morgan fingerprint density at radius 3 is 0.905 bits per heavy atom. The van der Waals surface area contributed by atoms with Gasteiger partial charge in [0.15, 0.2) is 0 Å². The number of ether oxygens (including phenoxy) is 8. The van der Waals surface area contributed by atoms with Crippen LogP contribution >= 0.6 is 0 Å². The molecule has 0 aliphatic carbocycles. The molecule has 0 aliphatic rings. The normalized spacial score (nSPS) is 11.0. The van der Waals surface area contributed by atoms with E-state index in [0.29, 0.717) is 151 Å². The van der Waals surface area contributed by atoms with Crippen molar-refractivity contribution in [2.75, 3.05) is 132 Å². The fourth-order valence-electron chi connectivity index (χ4n) is 5.42. The van der Waals surface area contributed by atoms with Gasteiger partial charge in [0.1, 0.15) is 0 Å². The average Bonchev–Trinajstić information content (AvgIpc) is 3.25. The molecule has 63 heavy (non-hydrogen) atoms. The molecule has 0 aromatic carbocycles. The van der Waals surface area contributed by atoms with Gasteiger partial charge < -0.3 is 69.4 Å². The zero-order valence-corrected chi connectivity index (χ0v) is 37.8. The zero-order chi connectivity index (χ0) is 46.1. The Bertz CT molecular complexity index is 1050. The second-order valence-electron chi connectivity index (χ2n) is 14.5. The Kier molecular flexibility index (Phi) is 45.3. The third-order valence-corrected chi connectivity index (χ3v) is 8.88. The Labute approximate surface area is 374 Å². The predicted molar refractivity (Wildman–Crippen MR) is 232 cm³/mol. The molecule has 20 nitrogen and oxygen atoms in total. The minimum absolute atomic E-state index is 0.00243. The van der Waals surface area contributed by atoms with Gasteiger partial charge in [0, 0.05) is 65.1 Å². The number of amides is 4. The van der Waals surface area contributed by atoms with Crippen LogP contribution in [0, 0.1) is 0 Å². The number of carbonyl (C=O) groups excluding carboxylic acids is 4. The number of nitrogens with one attached hydrogen (secondary N) is 4.